The molecule has 6 heteroatoms. The fourth-order valence-corrected chi connectivity index (χ4v) is 2.28. The minimum Gasteiger partial charge on any atom is -0.480 e. The molecule has 0 radical (unpaired) electrons. The van der Waals surface area contributed by atoms with Crippen molar-refractivity contribution in [1.29, 1.82) is 0 Å². The summed E-state index contributed by atoms with van der Waals surface area (Å²) in [5, 5.41) is 8.81. The van der Waals surface area contributed by atoms with Crippen molar-refractivity contribution in [3.63, 3.8) is 0 Å². The maximum absolute atomic E-state index is 11.9. The summed E-state index contributed by atoms with van der Waals surface area (Å²) in [6.07, 6.45) is 0.541. The third kappa shape index (κ3) is 1.61. The van der Waals surface area contributed by atoms with Crippen LogP contribution in [0, 0.1) is 6.92 Å². The van der Waals surface area contributed by atoms with Crippen LogP contribution < -0.4 is 0 Å². The molecule has 2 rings (SSSR count). The highest BCUT2D eigenvalue weighted by molar-refractivity contribution is 7.11. The molecule has 1 fully saturated rings. The Morgan fingerprint density at radius 2 is 2.40 bits per heavy atom. The Labute approximate surface area is 90.4 Å². The van der Waals surface area contributed by atoms with Gasteiger partial charge in [0.25, 0.3) is 5.91 Å². The molecule has 0 spiro atoms. The fraction of sp³-hybridized carbons (Fsp3) is 0.444. The van der Waals surface area contributed by atoms with Crippen molar-refractivity contribution in [2.45, 2.75) is 19.4 Å². The van der Waals surface area contributed by atoms with E-state index in [2.05, 4.69) is 4.98 Å². The lowest BCUT2D eigenvalue weighted by atomic mass is 10.0. The van der Waals surface area contributed by atoms with Crippen LogP contribution in [0.2, 0.25) is 0 Å². The van der Waals surface area contributed by atoms with Crippen LogP contribution >= 0.6 is 11.3 Å². The highest BCUT2D eigenvalue weighted by atomic mass is 32.1. The van der Waals surface area contributed by atoms with Crippen molar-refractivity contribution in [1.82, 2.24) is 9.88 Å². The molecule has 2 heterocycles. The molecule has 0 aliphatic carbocycles. The van der Waals surface area contributed by atoms with Gasteiger partial charge in [-0.05, 0) is 13.3 Å². The number of thiazole rings is 1. The number of amides is 1. The van der Waals surface area contributed by atoms with Crippen molar-refractivity contribution < 1.29 is 14.7 Å². The first kappa shape index (κ1) is 10.1. The SMILES string of the molecule is Cc1ncsc1C(=O)N1CCC1C(=O)O. The van der Waals surface area contributed by atoms with Gasteiger partial charge in [-0.2, -0.15) is 0 Å². The van der Waals surface area contributed by atoms with Crippen LogP contribution in [-0.2, 0) is 4.79 Å². The number of aryl methyl sites for hydroxylation is 1. The second-order valence-corrected chi connectivity index (χ2v) is 4.26. The van der Waals surface area contributed by atoms with E-state index in [9.17, 15) is 9.59 Å². The molecule has 1 saturated heterocycles. The maximum Gasteiger partial charge on any atom is 0.326 e. The van der Waals surface area contributed by atoms with Gasteiger partial charge in [-0.15, -0.1) is 11.3 Å². The molecule has 1 N–H and O–H groups in total. The number of nitrogens with zero attached hydrogens (tertiary/aromatic N) is 2. The summed E-state index contributed by atoms with van der Waals surface area (Å²) in [6, 6.07) is -0.654. The van der Waals surface area contributed by atoms with E-state index in [4.69, 9.17) is 5.11 Å². The Bertz CT molecular complexity index is 415. The largest absolute Gasteiger partial charge is 0.480 e. The van der Waals surface area contributed by atoms with Crippen molar-refractivity contribution in [3.05, 3.63) is 16.1 Å². The van der Waals surface area contributed by atoms with E-state index in [1.165, 1.54) is 16.2 Å². The predicted octanol–water partition coefficient (Wildman–Crippen LogP) is 0.751. The third-order valence-electron chi connectivity index (χ3n) is 2.51. The molecule has 1 aliphatic rings. The summed E-state index contributed by atoms with van der Waals surface area (Å²) < 4.78 is 0. The molecule has 0 aromatic carbocycles. The maximum atomic E-state index is 11.9. The van der Waals surface area contributed by atoms with Crippen molar-refractivity contribution in [3.8, 4) is 0 Å². The van der Waals surface area contributed by atoms with Gasteiger partial charge in [0.1, 0.15) is 10.9 Å². The Hall–Kier alpha value is -1.43. The smallest absolute Gasteiger partial charge is 0.326 e. The molecule has 1 aliphatic heterocycles. The summed E-state index contributed by atoms with van der Waals surface area (Å²) in [7, 11) is 0. The highest BCUT2D eigenvalue weighted by Gasteiger charge is 2.38. The second-order valence-electron chi connectivity index (χ2n) is 3.41. The van der Waals surface area contributed by atoms with Gasteiger partial charge < -0.3 is 10.0 Å². The number of carbonyl (C=O) groups excluding carboxylic acids is 1. The van der Waals surface area contributed by atoms with E-state index < -0.39 is 12.0 Å². The van der Waals surface area contributed by atoms with Crippen LogP contribution in [0.5, 0.6) is 0 Å². The molecule has 0 saturated carbocycles. The monoisotopic (exact) mass is 226 g/mol. The third-order valence-corrected chi connectivity index (χ3v) is 3.42. The molecular formula is C9H10N2O3S. The molecule has 0 bridgehead atoms. The Morgan fingerprint density at radius 3 is 2.80 bits per heavy atom. The van der Waals surface area contributed by atoms with E-state index in [-0.39, 0.29) is 5.91 Å². The van der Waals surface area contributed by atoms with Crippen molar-refractivity contribution in [2.24, 2.45) is 0 Å². The van der Waals surface area contributed by atoms with Gasteiger partial charge in [0.15, 0.2) is 0 Å². The number of aliphatic carboxylic acids is 1. The number of likely N-dealkylation sites (tertiary alicyclic amines) is 1. The Balaban J connectivity index is 2.16. The average Bonchev–Trinajstić information content (AvgIpc) is 2.47. The molecule has 15 heavy (non-hydrogen) atoms. The van der Waals surface area contributed by atoms with Crippen LogP contribution in [0.3, 0.4) is 0 Å². The quantitative estimate of drug-likeness (QED) is 0.807. The number of hydrogen-bond acceptors (Lipinski definition) is 4. The molecule has 1 atom stereocenters. The minimum atomic E-state index is -0.934. The number of carboxylic acids is 1. The summed E-state index contributed by atoms with van der Waals surface area (Å²) in [4.78, 5) is 28.5. The standard InChI is InChI=1S/C9H10N2O3S/c1-5-7(15-4-10-5)8(12)11-3-2-6(11)9(13)14/h4,6H,2-3H2,1H3,(H,13,14). The fourth-order valence-electron chi connectivity index (χ4n) is 1.52. The summed E-state index contributed by atoms with van der Waals surface area (Å²) in [5.41, 5.74) is 2.26. The zero-order valence-electron chi connectivity index (χ0n) is 8.14. The number of rotatable bonds is 2. The molecule has 5 nitrogen and oxygen atoms in total. The summed E-state index contributed by atoms with van der Waals surface area (Å²) >= 11 is 1.25. The summed E-state index contributed by atoms with van der Waals surface area (Å²) in [6.45, 7) is 2.27. The number of aromatic nitrogens is 1. The van der Waals surface area contributed by atoms with Crippen LogP contribution in [0.25, 0.3) is 0 Å². The average molecular weight is 226 g/mol. The minimum absolute atomic E-state index is 0.214. The lowest BCUT2D eigenvalue weighted by molar-refractivity contribution is -0.146. The first-order chi connectivity index (χ1) is 7.11. The van der Waals surface area contributed by atoms with E-state index in [1.54, 1.807) is 12.4 Å². The lowest BCUT2D eigenvalue weighted by Gasteiger charge is -2.37. The molecule has 1 aromatic rings. The lowest BCUT2D eigenvalue weighted by Crippen LogP contribution is -2.55. The van der Waals surface area contributed by atoms with Crippen LogP contribution in [0.1, 0.15) is 21.8 Å². The molecule has 1 unspecified atom stereocenters. The number of carboxylic acid groups (broad SMARTS) is 1. The normalized spacial score (nSPS) is 19.8. The highest BCUT2D eigenvalue weighted by Crippen LogP contribution is 2.23. The van der Waals surface area contributed by atoms with Gasteiger partial charge in [0.05, 0.1) is 11.2 Å². The van der Waals surface area contributed by atoms with E-state index in [1.807, 2.05) is 0 Å². The first-order valence-corrected chi connectivity index (χ1v) is 5.43. The van der Waals surface area contributed by atoms with E-state index >= 15 is 0 Å². The van der Waals surface area contributed by atoms with E-state index in [0.29, 0.717) is 23.5 Å². The zero-order chi connectivity index (χ0) is 11.0. The molecule has 80 valence electrons. The van der Waals surface area contributed by atoms with Gasteiger partial charge in [-0.25, -0.2) is 9.78 Å². The van der Waals surface area contributed by atoms with Crippen molar-refractivity contribution in [2.75, 3.05) is 6.54 Å². The van der Waals surface area contributed by atoms with Gasteiger partial charge in [0.2, 0.25) is 0 Å². The topological polar surface area (TPSA) is 70.5 Å². The van der Waals surface area contributed by atoms with Crippen molar-refractivity contribution >= 4 is 23.2 Å². The summed E-state index contributed by atoms with van der Waals surface area (Å²) in [5.74, 6) is -1.15. The van der Waals surface area contributed by atoms with E-state index in [0.717, 1.165) is 0 Å². The van der Waals surface area contributed by atoms with Gasteiger partial charge in [-0.3, -0.25) is 4.79 Å². The molecule has 1 amide bonds. The predicted molar refractivity (Wildman–Crippen MR) is 53.9 cm³/mol. The van der Waals surface area contributed by atoms with Crippen LogP contribution in [-0.4, -0.2) is 39.5 Å². The Morgan fingerprint density at radius 1 is 1.67 bits per heavy atom. The van der Waals surface area contributed by atoms with Gasteiger partial charge in [-0.1, -0.05) is 0 Å². The van der Waals surface area contributed by atoms with Gasteiger partial charge >= 0.3 is 5.97 Å². The van der Waals surface area contributed by atoms with Gasteiger partial charge in [0, 0.05) is 6.54 Å². The molecular weight excluding hydrogens is 216 g/mol. The Kier molecular flexibility index (Phi) is 2.44. The number of carbonyl (C=O) groups is 2. The van der Waals surface area contributed by atoms with Crippen LogP contribution in [0.4, 0.5) is 0 Å². The molecule has 1 aromatic heterocycles. The first-order valence-electron chi connectivity index (χ1n) is 4.55. The number of hydrogen-bond donors (Lipinski definition) is 1. The zero-order valence-corrected chi connectivity index (χ0v) is 8.95. The van der Waals surface area contributed by atoms with Crippen LogP contribution in [0.15, 0.2) is 5.51 Å². The second kappa shape index (κ2) is 3.62.